The van der Waals surface area contributed by atoms with E-state index in [1.165, 1.54) is 17.5 Å². The first-order valence-corrected chi connectivity index (χ1v) is 7.53. The number of rotatable bonds is 6. The Balaban J connectivity index is 1.99. The van der Waals surface area contributed by atoms with Crippen LogP contribution in [-0.4, -0.2) is 37.8 Å². The van der Waals surface area contributed by atoms with Crippen LogP contribution in [0.1, 0.15) is 31.4 Å². The lowest BCUT2D eigenvalue weighted by molar-refractivity contribution is 0.161. The van der Waals surface area contributed by atoms with Crippen molar-refractivity contribution < 1.29 is 4.74 Å². The lowest BCUT2D eigenvalue weighted by Crippen LogP contribution is -2.24. The third-order valence-electron chi connectivity index (χ3n) is 3.81. The Bertz CT molecular complexity index is 434. The Labute approximate surface area is 122 Å². The minimum atomic E-state index is 0.503. The maximum absolute atomic E-state index is 5.26. The molecule has 1 N–H and O–H groups in total. The molecule has 4 heteroatoms. The third-order valence-corrected chi connectivity index (χ3v) is 3.81. The molecule has 1 aliphatic rings. The number of ether oxygens (including phenoxy) is 1. The predicted molar refractivity (Wildman–Crippen MR) is 83.1 cm³/mol. The Hall–Kier alpha value is -1.13. The van der Waals surface area contributed by atoms with Gasteiger partial charge in [-0.2, -0.15) is 0 Å². The van der Waals surface area contributed by atoms with Gasteiger partial charge in [0.1, 0.15) is 5.82 Å². The van der Waals surface area contributed by atoms with Crippen LogP contribution in [0.5, 0.6) is 0 Å². The summed E-state index contributed by atoms with van der Waals surface area (Å²) in [5.74, 6) is 1.78. The van der Waals surface area contributed by atoms with Crippen molar-refractivity contribution in [3.05, 3.63) is 23.4 Å². The van der Waals surface area contributed by atoms with Crippen molar-refractivity contribution in [1.29, 1.82) is 0 Å². The number of nitrogens with one attached hydrogen (secondary N) is 1. The van der Waals surface area contributed by atoms with Crippen molar-refractivity contribution in [2.45, 2.75) is 39.8 Å². The average molecular weight is 277 g/mol. The number of aryl methyl sites for hydroxylation is 1. The highest BCUT2D eigenvalue weighted by atomic mass is 16.5. The normalized spacial score (nSPS) is 19.1. The maximum atomic E-state index is 5.26. The zero-order valence-electron chi connectivity index (χ0n) is 13.1. The van der Waals surface area contributed by atoms with Crippen LogP contribution in [0.15, 0.2) is 12.3 Å². The van der Waals surface area contributed by atoms with Crippen LogP contribution in [0.3, 0.4) is 0 Å². The number of nitrogens with zero attached hydrogens (tertiary/aromatic N) is 2. The lowest BCUT2D eigenvalue weighted by Gasteiger charge is -2.20. The monoisotopic (exact) mass is 277 g/mol. The second-order valence-corrected chi connectivity index (χ2v) is 6.08. The smallest absolute Gasteiger partial charge is 0.131 e. The van der Waals surface area contributed by atoms with E-state index in [0.29, 0.717) is 12.0 Å². The van der Waals surface area contributed by atoms with Crippen molar-refractivity contribution in [3.8, 4) is 0 Å². The highest BCUT2D eigenvalue weighted by Gasteiger charge is 2.24. The largest absolute Gasteiger partial charge is 0.384 e. The Morgan fingerprint density at radius 2 is 2.30 bits per heavy atom. The van der Waals surface area contributed by atoms with E-state index < -0.39 is 0 Å². The first-order chi connectivity index (χ1) is 9.60. The first kappa shape index (κ1) is 15.3. The molecular weight excluding hydrogens is 250 g/mol. The highest BCUT2D eigenvalue weighted by Crippen LogP contribution is 2.25. The quantitative estimate of drug-likeness (QED) is 0.866. The summed E-state index contributed by atoms with van der Waals surface area (Å²) in [5, 5.41) is 3.43. The SMILES string of the molecule is COCC1CCN(c2ncc(CNC(C)C)cc2C)C1. The van der Waals surface area contributed by atoms with E-state index in [2.05, 4.69) is 42.0 Å². The van der Waals surface area contributed by atoms with Gasteiger partial charge in [-0.05, 0) is 30.5 Å². The van der Waals surface area contributed by atoms with E-state index in [1.54, 1.807) is 7.11 Å². The van der Waals surface area contributed by atoms with Crippen LogP contribution in [0, 0.1) is 12.8 Å². The van der Waals surface area contributed by atoms with Gasteiger partial charge in [0, 0.05) is 44.9 Å². The van der Waals surface area contributed by atoms with Crippen LogP contribution in [0.25, 0.3) is 0 Å². The summed E-state index contributed by atoms with van der Waals surface area (Å²) < 4.78 is 5.26. The summed E-state index contributed by atoms with van der Waals surface area (Å²) in [4.78, 5) is 7.07. The van der Waals surface area contributed by atoms with Gasteiger partial charge in [-0.25, -0.2) is 4.98 Å². The Morgan fingerprint density at radius 1 is 1.50 bits per heavy atom. The molecule has 0 amide bonds. The van der Waals surface area contributed by atoms with Gasteiger partial charge in [-0.1, -0.05) is 13.8 Å². The number of anilines is 1. The van der Waals surface area contributed by atoms with E-state index in [-0.39, 0.29) is 0 Å². The van der Waals surface area contributed by atoms with Crippen molar-refractivity contribution in [1.82, 2.24) is 10.3 Å². The molecule has 112 valence electrons. The molecule has 1 aliphatic heterocycles. The van der Waals surface area contributed by atoms with Gasteiger partial charge < -0.3 is 15.0 Å². The number of aromatic nitrogens is 1. The lowest BCUT2D eigenvalue weighted by atomic mass is 10.1. The molecular formula is C16H27N3O. The summed E-state index contributed by atoms with van der Waals surface area (Å²) in [5.41, 5.74) is 2.53. The molecule has 1 saturated heterocycles. The fourth-order valence-electron chi connectivity index (χ4n) is 2.77. The summed E-state index contributed by atoms with van der Waals surface area (Å²) in [6.45, 7) is 10.4. The second kappa shape index (κ2) is 7.04. The molecule has 0 spiro atoms. The predicted octanol–water partition coefficient (Wildman–Crippen LogP) is 2.36. The molecule has 2 rings (SSSR count). The van der Waals surface area contributed by atoms with E-state index in [9.17, 15) is 0 Å². The van der Waals surface area contributed by atoms with Crippen molar-refractivity contribution in [2.75, 3.05) is 31.7 Å². The fourth-order valence-corrected chi connectivity index (χ4v) is 2.77. The van der Waals surface area contributed by atoms with E-state index in [0.717, 1.165) is 32.1 Å². The summed E-state index contributed by atoms with van der Waals surface area (Å²) in [6, 6.07) is 2.75. The molecule has 1 aromatic heterocycles. The van der Waals surface area contributed by atoms with E-state index >= 15 is 0 Å². The van der Waals surface area contributed by atoms with Crippen molar-refractivity contribution in [2.24, 2.45) is 5.92 Å². The Kier molecular flexibility index (Phi) is 5.38. The molecule has 0 aromatic carbocycles. The van der Waals surface area contributed by atoms with Crippen molar-refractivity contribution in [3.63, 3.8) is 0 Å². The molecule has 0 saturated carbocycles. The number of methoxy groups -OCH3 is 1. The number of hydrogen-bond acceptors (Lipinski definition) is 4. The summed E-state index contributed by atoms with van der Waals surface area (Å²) in [6.07, 6.45) is 3.20. The zero-order valence-corrected chi connectivity index (χ0v) is 13.1. The number of pyridine rings is 1. The van der Waals surface area contributed by atoms with Gasteiger partial charge >= 0.3 is 0 Å². The average Bonchev–Trinajstić information content (AvgIpc) is 2.85. The fraction of sp³-hybridized carbons (Fsp3) is 0.688. The summed E-state index contributed by atoms with van der Waals surface area (Å²) in [7, 11) is 1.78. The molecule has 1 unspecified atom stereocenters. The highest BCUT2D eigenvalue weighted by molar-refractivity contribution is 5.48. The van der Waals surface area contributed by atoms with E-state index in [1.807, 2.05) is 6.20 Å². The molecule has 1 aromatic rings. The molecule has 4 nitrogen and oxygen atoms in total. The third kappa shape index (κ3) is 3.93. The van der Waals surface area contributed by atoms with Gasteiger partial charge in [-0.3, -0.25) is 0 Å². The van der Waals surface area contributed by atoms with Crippen LogP contribution >= 0.6 is 0 Å². The molecule has 0 radical (unpaired) electrons. The van der Waals surface area contributed by atoms with Gasteiger partial charge in [-0.15, -0.1) is 0 Å². The molecule has 20 heavy (non-hydrogen) atoms. The number of hydrogen-bond donors (Lipinski definition) is 1. The van der Waals surface area contributed by atoms with Gasteiger partial charge in [0.25, 0.3) is 0 Å². The molecule has 1 fully saturated rings. The minimum absolute atomic E-state index is 0.503. The van der Waals surface area contributed by atoms with Gasteiger partial charge in [0.2, 0.25) is 0 Å². The molecule has 1 atom stereocenters. The molecule has 2 heterocycles. The second-order valence-electron chi connectivity index (χ2n) is 6.08. The van der Waals surface area contributed by atoms with Crippen LogP contribution in [0.2, 0.25) is 0 Å². The van der Waals surface area contributed by atoms with Crippen LogP contribution < -0.4 is 10.2 Å². The topological polar surface area (TPSA) is 37.4 Å². The molecule has 0 bridgehead atoms. The first-order valence-electron chi connectivity index (χ1n) is 7.53. The standard InChI is InChI=1S/C16H27N3O/c1-12(2)17-8-15-7-13(3)16(18-9-15)19-6-5-14(10-19)11-20-4/h7,9,12,14,17H,5-6,8,10-11H2,1-4H3. The van der Waals surface area contributed by atoms with Gasteiger partial charge in [0.05, 0.1) is 6.61 Å². The van der Waals surface area contributed by atoms with E-state index in [4.69, 9.17) is 4.74 Å². The summed E-state index contributed by atoms with van der Waals surface area (Å²) >= 11 is 0. The Morgan fingerprint density at radius 3 is 2.95 bits per heavy atom. The zero-order chi connectivity index (χ0) is 14.5. The maximum Gasteiger partial charge on any atom is 0.131 e. The van der Waals surface area contributed by atoms with Crippen molar-refractivity contribution >= 4 is 5.82 Å². The van der Waals surface area contributed by atoms with Crippen LogP contribution in [0.4, 0.5) is 5.82 Å². The van der Waals surface area contributed by atoms with Crippen LogP contribution in [-0.2, 0) is 11.3 Å². The van der Waals surface area contributed by atoms with Gasteiger partial charge in [0.15, 0.2) is 0 Å². The molecule has 0 aliphatic carbocycles. The minimum Gasteiger partial charge on any atom is -0.384 e.